The van der Waals surface area contributed by atoms with Gasteiger partial charge >= 0.3 is 0 Å². The number of ether oxygens (including phenoxy) is 1. The summed E-state index contributed by atoms with van der Waals surface area (Å²) in [6.45, 7) is 3.10. The standard InChI is InChI=1S/C17H25N5O3/c1-12-5-3-4-6-14(12)25-8-7-18-15(23)10-22-11-19-16-13(17(22)24)9-20-21(16)2/h9,11-12,14H,3-8,10H2,1-2H3,(H,18,23)/t12-,14+/m0/s1. The van der Waals surface area contributed by atoms with E-state index >= 15 is 0 Å². The SMILES string of the molecule is C[C@H]1CCCC[C@H]1OCCNC(=O)Cn1cnc2c(cnn2C)c1=O. The van der Waals surface area contributed by atoms with Crippen LogP contribution in [0.5, 0.6) is 0 Å². The summed E-state index contributed by atoms with van der Waals surface area (Å²) in [4.78, 5) is 28.5. The van der Waals surface area contributed by atoms with E-state index in [0.717, 1.165) is 6.42 Å². The van der Waals surface area contributed by atoms with E-state index in [0.29, 0.717) is 36.2 Å². The van der Waals surface area contributed by atoms with Gasteiger partial charge in [0.05, 0.1) is 18.9 Å². The number of fused-ring (bicyclic) bond motifs is 1. The number of rotatable bonds is 6. The van der Waals surface area contributed by atoms with Crippen molar-refractivity contribution in [3.8, 4) is 0 Å². The van der Waals surface area contributed by atoms with E-state index in [1.54, 1.807) is 7.05 Å². The van der Waals surface area contributed by atoms with Crippen molar-refractivity contribution in [1.29, 1.82) is 0 Å². The van der Waals surface area contributed by atoms with Gasteiger partial charge in [-0.05, 0) is 18.8 Å². The van der Waals surface area contributed by atoms with Crippen LogP contribution in [-0.4, -0.2) is 44.5 Å². The first kappa shape index (κ1) is 17.6. The Bertz CT molecular complexity index is 797. The minimum Gasteiger partial charge on any atom is -0.376 e. The predicted molar refractivity (Wildman–Crippen MR) is 93.2 cm³/mol. The quantitative estimate of drug-likeness (QED) is 0.782. The molecule has 2 atom stereocenters. The Labute approximate surface area is 146 Å². The van der Waals surface area contributed by atoms with Crippen LogP contribution >= 0.6 is 0 Å². The van der Waals surface area contributed by atoms with E-state index in [1.807, 2.05) is 0 Å². The third-order valence-corrected chi connectivity index (χ3v) is 4.82. The average Bonchev–Trinajstić information content (AvgIpc) is 2.97. The van der Waals surface area contributed by atoms with Crippen LogP contribution in [0.25, 0.3) is 11.0 Å². The highest BCUT2D eigenvalue weighted by molar-refractivity contribution is 5.77. The molecule has 0 bridgehead atoms. The van der Waals surface area contributed by atoms with Crippen molar-refractivity contribution in [3.05, 3.63) is 22.9 Å². The van der Waals surface area contributed by atoms with Crippen molar-refractivity contribution in [2.45, 2.75) is 45.3 Å². The predicted octanol–water partition coefficient (Wildman–Crippen LogP) is 0.841. The smallest absolute Gasteiger partial charge is 0.264 e. The molecule has 1 N–H and O–H groups in total. The minimum absolute atomic E-state index is 0.0590. The molecule has 0 aliphatic heterocycles. The Balaban J connectivity index is 1.48. The maximum absolute atomic E-state index is 12.3. The van der Waals surface area contributed by atoms with Gasteiger partial charge in [0.25, 0.3) is 5.56 Å². The fraction of sp³-hybridized carbons (Fsp3) is 0.647. The van der Waals surface area contributed by atoms with Gasteiger partial charge in [-0.2, -0.15) is 5.10 Å². The Kier molecular flexibility index (Phi) is 5.47. The van der Waals surface area contributed by atoms with E-state index in [9.17, 15) is 9.59 Å². The Morgan fingerprint density at radius 2 is 2.20 bits per heavy atom. The number of hydrogen-bond donors (Lipinski definition) is 1. The van der Waals surface area contributed by atoms with Crippen LogP contribution < -0.4 is 10.9 Å². The summed E-state index contributed by atoms with van der Waals surface area (Å²) < 4.78 is 8.70. The molecule has 0 saturated heterocycles. The number of carbonyl (C=O) groups excluding carboxylic acids is 1. The maximum Gasteiger partial charge on any atom is 0.264 e. The molecular formula is C17H25N5O3. The van der Waals surface area contributed by atoms with Gasteiger partial charge in [-0.1, -0.05) is 19.8 Å². The molecule has 1 saturated carbocycles. The lowest BCUT2D eigenvalue weighted by Gasteiger charge is -2.28. The molecule has 0 spiro atoms. The summed E-state index contributed by atoms with van der Waals surface area (Å²) >= 11 is 0. The zero-order valence-electron chi connectivity index (χ0n) is 14.8. The van der Waals surface area contributed by atoms with Crippen molar-refractivity contribution in [1.82, 2.24) is 24.6 Å². The fourth-order valence-corrected chi connectivity index (χ4v) is 3.32. The molecule has 136 valence electrons. The highest BCUT2D eigenvalue weighted by atomic mass is 16.5. The van der Waals surface area contributed by atoms with Crippen LogP contribution in [0.1, 0.15) is 32.6 Å². The van der Waals surface area contributed by atoms with Gasteiger partial charge in [-0.3, -0.25) is 18.8 Å². The zero-order chi connectivity index (χ0) is 17.8. The summed E-state index contributed by atoms with van der Waals surface area (Å²) in [5, 5.41) is 7.22. The second-order valence-corrected chi connectivity index (χ2v) is 6.70. The number of hydrogen-bond acceptors (Lipinski definition) is 5. The van der Waals surface area contributed by atoms with Gasteiger partial charge < -0.3 is 10.1 Å². The molecule has 3 rings (SSSR count). The Morgan fingerprint density at radius 3 is 3.00 bits per heavy atom. The summed E-state index contributed by atoms with van der Waals surface area (Å²) in [6, 6.07) is 0. The Morgan fingerprint density at radius 1 is 1.40 bits per heavy atom. The molecule has 25 heavy (non-hydrogen) atoms. The molecule has 1 fully saturated rings. The normalized spacial score (nSPS) is 20.7. The average molecular weight is 347 g/mol. The van der Waals surface area contributed by atoms with Gasteiger partial charge in [-0.15, -0.1) is 0 Å². The van der Waals surface area contributed by atoms with Gasteiger partial charge in [0.1, 0.15) is 18.3 Å². The molecule has 2 aromatic rings. The summed E-state index contributed by atoms with van der Waals surface area (Å²) in [6.07, 6.45) is 7.95. The van der Waals surface area contributed by atoms with Crippen LogP contribution in [0.2, 0.25) is 0 Å². The number of carbonyl (C=O) groups is 1. The highest BCUT2D eigenvalue weighted by Gasteiger charge is 2.21. The summed E-state index contributed by atoms with van der Waals surface area (Å²) in [5.74, 6) is 0.354. The topological polar surface area (TPSA) is 91.0 Å². The van der Waals surface area contributed by atoms with Gasteiger partial charge in [-0.25, -0.2) is 4.98 Å². The van der Waals surface area contributed by atoms with E-state index < -0.39 is 0 Å². The fourth-order valence-electron chi connectivity index (χ4n) is 3.32. The molecule has 1 aliphatic carbocycles. The maximum atomic E-state index is 12.3. The van der Waals surface area contributed by atoms with Gasteiger partial charge in [0.2, 0.25) is 5.91 Å². The van der Waals surface area contributed by atoms with Crippen molar-refractivity contribution in [2.75, 3.05) is 13.2 Å². The second-order valence-electron chi connectivity index (χ2n) is 6.70. The van der Waals surface area contributed by atoms with E-state index in [2.05, 4.69) is 22.3 Å². The Hall–Kier alpha value is -2.22. The van der Waals surface area contributed by atoms with Crippen molar-refractivity contribution in [3.63, 3.8) is 0 Å². The van der Waals surface area contributed by atoms with Crippen LogP contribution in [-0.2, 0) is 23.1 Å². The van der Waals surface area contributed by atoms with Crippen LogP contribution in [0.4, 0.5) is 0 Å². The first-order valence-corrected chi connectivity index (χ1v) is 8.81. The zero-order valence-corrected chi connectivity index (χ0v) is 14.8. The number of aromatic nitrogens is 4. The van der Waals surface area contributed by atoms with Crippen LogP contribution in [0.15, 0.2) is 17.3 Å². The van der Waals surface area contributed by atoms with Crippen molar-refractivity contribution in [2.24, 2.45) is 13.0 Å². The van der Waals surface area contributed by atoms with Crippen LogP contribution in [0, 0.1) is 5.92 Å². The molecular weight excluding hydrogens is 322 g/mol. The van der Waals surface area contributed by atoms with E-state index in [4.69, 9.17) is 4.74 Å². The number of nitrogens with zero attached hydrogens (tertiary/aromatic N) is 4. The number of nitrogens with one attached hydrogen (secondary N) is 1. The second kappa shape index (κ2) is 7.77. The van der Waals surface area contributed by atoms with Crippen molar-refractivity contribution >= 4 is 16.9 Å². The molecule has 2 aromatic heterocycles. The first-order chi connectivity index (χ1) is 12.1. The molecule has 8 heteroatoms. The monoisotopic (exact) mass is 347 g/mol. The van der Waals surface area contributed by atoms with E-state index in [1.165, 1.54) is 41.0 Å². The molecule has 2 heterocycles. The van der Waals surface area contributed by atoms with Gasteiger partial charge in [0.15, 0.2) is 5.65 Å². The molecule has 0 radical (unpaired) electrons. The van der Waals surface area contributed by atoms with Crippen molar-refractivity contribution < 1.29 is 9.53 Å². The molecule has 0 aromatic carbocycles. The van der Waals surface area contributed by atoms with Gasteiger partial charge in [0, 0.05) is 13.6 Å². The van der Waals surface area contributed by atoms with E-state index in [-0.39, 0.29) is 18.0 Å². The third-order valence-electron chi connectivity index (χ3n) is 4.82. The molecule has 1 amide bonds. The lowest BCUT2D eigenvalue weighted by Crippen LogP contribution is -2.35. The first-order valence-electron chi connectivity index (χ1n) is 8.81. The summed E-state index contributed by atoms with van der Waals surface area (Å²) in [5.41, 5.74) is 0.247. The largest absolute Gasteiger partial charge is 0.376 e. The minimum atomic E-state index is -0.263. The number of aryl methyl sites for hydroxylation is 1. The third kappa shape index (κ3) is 4.07. The summed E-state index contributed by atoms with van der Waals surface area (Å²) in [7, 11) is 1.72. The highest BCUT2D eigenvalue weighted by Crippen LogP contribution is 2.25. The molecule has 8 nitrogen and oxygen atoms in total. The molecule has 0 unspecified atom stereocenters. The lowest BCUT2D eigenvalue weighted by molar-refractivity contribution is -0.122. The lowest BCUT2D eigenvalue weighted by atomic mass is 9.88. The van der Waals surface area contributed by atoms with Crippen LogP contribution in [0.3, 0.4) is 0 Å². The number of amides is 1. The molecule has 1 aliphatic rings.